The lowest BCUT2D eigenvalue weighted by molar-refractivity contribution is 0.0746. The third kappa shape index (κ3) is 3.58. The zero-order chi connectivity index (χ0) is 10.3. The number of hydrogen-bond acceptors (Lipinski definition) is 2. The number of alkyl halides is 1. The molecule has 0 spiro atoms. The van der Waals surface area contributed by atoms with Crippen LogP contribution in [0.5, 0.6) is 0 Å². The molecule has 1 saturated heterocycles. The second kappa shape index (κ2) is 3.53. The molecular formula is C9H19ClO2Si. The minimum Gasteiger partial charge on any atom is -0.416 e. The summed E-state index contributed by atoms with van der Waals surface area (Å²) in [7, 11) is -0.519. The monoisotopic (exact) mass is 222 g/mol. The van der Waals surface area contributed by atoms with Crippen LogP contribution in [0.4, 0.5) is 0 Å². The van der Waals surface area contributed by atoms with Crippen LogP contribution < -0.4 is 0 Å². The number of rotatable bonds is 3. The van der Waals surface area contributed by atoms with Crippen LogP contribution in [-0.4, -0.2) is 27.0 Å². The Bertz CT molecular complexity index is 189. The lowest BCUT2D eigenvalue weighted by atomic mass is 10.1. The molecule has 0 N–H and O–H groups in total. The van der Waals surface area contributed by atoms with Crippen molar-refractivity contribution < 1.29 is 9.16 Å². The fourth-order valence-electron chi connectivity index (χ4n) is 1.06. The maximum absolute atomic E-state index is 5.92. The van der Waals surface area contributed by atoms with Gasteiger partial charge in [0.1, 0.15) is 6.10 Å². The van der Waals surface area contributed by atoms with Gasteiger partial charge in [-0.05, 0) is 18.9 Å². The van der Waals surface area contributed by atoms with Crippen molar-refractivity contribution in [1.82, 2.24) is 0 Å². The summed E-state index contributed by atoms with van der Waals surface area (Å²) in [5.41, 5.74) is -0.338. The molecule has 0 aromatic carbocycles. The minimum absolute atomic E-state index is 0.0871. The molecule has 0 saturated carbocycles. The van der Waals surface area contributed by atoms with E-state index in [1.54, 1.807) is 0 Å². The van der Waals surface area contributed by atoms with Gasteiger partial charge in [0.25, 0.3) is 0 Å². The first-order valence-electron chi connectivity index (χ1n) is 4.66. The molecule has 0 aromatic heterocycles. The number of ether oxygens (including phenoxy) is 1. The van der Waals surface area contributed by atoms with Gasteiger partial charge in [0.2, 0.25) is 0 Å². The molecular weight excluding hydrogens is 204 g/mol. The molecule has 4 heteroatoms. The Morgan fingerprint density at radius 3 is 2.00 bits per heavy atom. The molecule has 1 aliphatic heterocycles. The van der Waals surface area contributed by atoms with Gasteiger partial charge in [-0.25, -0.2) is 0 Å². The molecule has 78 valence electrons. The molecule has 2 atom stereocenters. The summed E-state index contributed by atoms with van der Waals surface area (Å²) in [5.74, 6) is 0. The molecule has 0 aliphatic carbocycles. The third-order valence-corrected chi connectivity index (χ3v) is 4.09. The largest absolute Gasteiger partial charge is 0.416 e. The van der Waals surface area contributed by atoms with Crippen LogP contribution >= 0.6 is 11.6 Å². The second-order valence-electron chi connectivity index (χ2n) is 5.36. The van der Waals surface area contributed by atoms with E-state index in [0.29, 0.717) is 5.04 Å². The third-order valence-electron chi connectivity index (χ3n) is 2.00. The average molecular weight is 223 g/mol. The smallest absolute Gasteiger partial charge is 0.167 e. The fraction of sp³-hybridized carbons (Fsp3) is 1.00. The summed E-state index contributed by atoms with van der Waals surface area (Å²) in [4.78, 5) is 0. The van der Waals surface area contributed by atoms with Gasteiger partial charge in [0.15, 0.2) is 15.3 Å². The van der Waals surface area contributed by atoms with Crippen LogP contribution in [0.1, 0.15) is 34.6 Å². The highest BCUT2D eigenvalue weighted by Crippen LogP contribution is 2.38. The Balaban J connectivity index is 2.35. The van der Waals surface area contributed by atoms with E-state index < -0.39 is 9.76 Å². The second-order valence-corrected chi connectivity index (χ2v) is 8.49. The first kappa shape index (κ1) is 11.5. The van der Waals surface area contributed by atoms with Crippen LogP contribution in [0.25, 0.3) is 0 Å². The van der Waals surface area contributed by atoms with E-state index in [9.17, 15) is 0 Å². The van der Waals surface area contributed by atoms with Crippen molar-refractivity contribution in [2.24, 2.45) is 0 Å². The standard InChI is InChI=1S/C9H19ClO2Si/c1-8(2,3)13-12-9(4,5)6-7(10)11-6/h6-7H,13H2,1-5H3. The van der Waals surface area contributed by atoms with E-state index in [2.05, 4.69) is 34.6 Å². The average Bonchev–Trinajstić information content (AvgIpc) is 2.62. The van der Waals surface area contributed by atoms with E-state index in [0.717, 1.165) is 0 Å². The Hall–Kier alpha value is 0.427. The van der Waals surface area contributed by atoms with Crippen molar-refractivity contribution >= 4 is 21.4 Å². The lowest BCUT2D eigenvalue weighted by Crippen LogP contribution is -2.35. The molecule has 0 aromatic rings. The van der Waals surface area contributed by atoms with E-state index >= 15 is 0 Å². The number of hydrogen-bond donors (Lipinski definition) is 0. The van der Waals surface area contributed by atoms with Crippen molar-refractivity contribution in [2.45, 2.75) is 56.9 Å². The van der Waals surface area contributed by atoms with E-state index in [1.807, 2.05) is 0 Å². The normalized spacial score (nSPS) is 30.0. The molecule has 1 fully saturated rings. The van der Waals surface area contributed by atoms with Crippen LogP contribution in [0.3, 0.4) is 0 Å². The molecule has 13 heavy (non-hydrogen) atoms. The summed E-state index contributed by atoms with van der Waals surface area (Å²) in [6, 6.07) is 0. The zero-order valence-corrected chi connectivity index (χ0v) is 11.2. The summed E-state index contributed by atoms with van der Waals surface area (Å²) < 4.78 is 11.1. The van der Waals surface area contributed by atoms with Crippen LogP contribution in [0, 0.1) is 0 Å². The van der Waals surface area contributed by atoms with E-state index in [1.165, 1.54) is 0 Å². The van der Waals surface area contributed by atoms with Gasteiger partial charge in [0, 0.05) is 0 Å². The minimum atomic E-state index is -0.519. The van der Waals surface area contributed by atoms with Crippen molar-refractivity contribution in [2.75, 3.05) is 0 Å². The molecule has 1 heterocycles. The van der Waals surface area contributed by atoms with Crippen molar-refractivity contribution in [3.8, 4) is 0 Å². The molecule has 1 rings (SSSR count). The van der Waals surface area contributed by atoms with Crippen LogP contribution in [0.15, 0.2) is 0 Å². The van der Waals surface area contributed by atoms with Gasteiger partial charge in [-0.3, -0.25) is 0 Å². The highest BCUT2D eigenvalue weighted by atomic mass is 35.5. The zero-order valence-electron chi connectivity index (χ0n) is 9.06. The summed E-state index contributed by atoms with van der Waals surface area (Å²) in [6.07, 6.45) is 0.0871. The highest BCUT2D eigenvalue weighted by Gasteiger charge is 2.49. The first-order chi connectivity index (χ1) is 5.72. The Morgan fingerprint density at radius 2 is 1.69 bits per heavy atom. The van der Waals surface area contributed by atoms with Gasteiger partial charge in [0.05, 0.1) is 5.60 Å². The van der Waals surface area contributed by atoms with E-state index in [-0.39, 0.29) is 17.3 Å². The maximum atomic E-state index is 5.92. The number of epoxide rings is 1. The predicted octanol–water partition coefficient (Wildman–Crippen LogP) is 2.05. The van der Waals surface area contributed by atoms with Crippen molar-refractivity contribution in [1.29, 1.82) is 0 Å². The van der Waals surface area contributed by atoms with Gasteiger partial charge < -0.3 is 9.16 Å². The first-order valence-corrected chi connectivity index (χ1v) is 6.38. The topological polar surface area (TPSA) is 21.8 Å². The van der Waals surface area contributed by atoms with Gasteiger partial charge >= 0.3 is 0 Å². The Morgan fingerprint density at radius 1 is 1.23 bits per heavy atom. The van der Waals surface area contributed by atoms with Crippen molar-refractivity contribution in [3.05, 3.63) is 0 Å². The molecule has 0 amide bonds. The lowest BCUT2D eigenvalue weighted by Gasteiger charge is -2.28. The molecule has 2 unspecified atom stereocenters. The highest BCUT2D eigenvalue weighted by molar-refractivity contribution is 6.32. The summed E-state index contributed by atoms with van der Waals surface area (Å²) >= 11 is 5.80. The Labute approximate surface area is 87.9 Å². The van der Waals surface area contributed by atoms with Crippen molar-refractivity contribution in [3.63, 3.8) is 0 Å². The Kier molecular flexibility index (Phi) is 3.13. The fourth-order valence-corrected chi connectivity index (χ4v) is 2.44. The maximum Gasteiger partial charge on any atom is 0.167 e. The SMILES string of the molecule is CC(C)(C)[SiH2]OC(C)(C)C1OC1Cl. The molecule has 1 aliphatic rings. The summed E-state index contributed by atoms with van der Waals surface area (Å²) in [5, 5.41) is 0.327. The van der Waals surface area contributed by atoms with E-state index in [4.69, 9.17) is 20.8 Å². The molecule has 2 nitrogen and oxygen atoms in total. The van der Waals surface area contributed by atoms with Crippen LogP contribution in [-0.2, 0) is 9.16 Å². The number of halogens is 1. The van der Waals surface area contributed by atoms with Gasteiger partial charge in [-0.1, -0.05) is 32.4 Å². The van der Waals surface area contributed by atoms with Gasteiger partial charge in [-0.2, -0.15) is 0 Å². The molecule has 0 bridgehead atoms. The van der Waals surface area contributed by atoms with Crippen LogP contribution in [0.2, 0.25) is 5.04 Å². The molecule has 0 radical (unpaired) electrons. The predicted molar refractivity (Wildman–Crippen MR) is 57.9 cm³/mol. The summed E-state index contributed by atoms with van der Waals surface area (Å²) in [6.45, 7) is 10.7. The quantitative estimate of drug-likeness (QED) is 0.414. The van der Waals surface area contributed by atoms with Gasteiger partial charge in [-0.15, -0.1) is 0 Å².